The molecular weight excluding hydrogens is 542 g/mol. The van der Waals surface area contributed by atoms with Crippen molar-refractivity contribution in [1.29, 1.82) is 0 Å². The highest BCUT2D eigenvalue weighted by Crippen LogP contribution is 2.33. The number of hydrogen-bond acceptors (Lipinski definition) is 6. The molecule has 0 aliphatic carbocycles. The smallest absolute Gasteiger partial charge is 0.411 e. The van der Waals surface area contributed by atoms with Crippen molar-refractivity contribution in [3.63, 3.8) is 0 Å². The van der Waals surface area contributed by atoms with Crippen molar-refractivity contribution in [2.75, 3.05) is 18.5 Å². The number of unbranched alkanes of at least 4 members (excludes halogenated alkanes) is 9. The summed E-state index contributed by atoms with van der Waals surface area (Å²) in [6, 6.07) is 7.16. The Bertz CT molecular complexity index is 1260. The van der Waals surface area contributed by atoms with E-state index in [4.69, 9.17) is 21.1 Å². The molecule has 226 valence electrons. The largest absolute Gasteiger partial charge is 0.465 e. The van der Waals surface area contributed by atoms with Crippen molar-refractivity contribution >= 4 is 35.0 Å². The van der Waals surface area contributed by atoms with Crippen LogP contribution in [0.5, 0.6) is 0 Å². The number of nitrogens with zero attached hydrogens (tertiary/aromatic N) is 3. The first-order valence-electron chi connectivity index (χ1n) is 15.0. The van der Waals surface area contributed by atoms with Gasteiger partial charge in [0.2, 0.25) is 0 Å². The van der Waals surface area contributed by atoms with Crippen molar-refractivity contribution in [3.8, 4) is 11.4 Å². The number of halogens is 1. The number of anilines is 1. The van der Waals surface area contributed by atoms with Gasteiger partial charge in [0.15, 0.2) is 11.5 Å². The number of carbonyl (C=O) groups is 2. The Morgan fingerprint density at radius 1 is 1.00 bits per heavy atom. The van der Waals surface area contributed by atoms with Gasteiger partial charge in [-0.15, -0.1) is 5.10 Å². The number of aromatic amines is 1. The molecule has 0 bridgehead atoms. The van der Waals surface area contributed by atoms with Gasteiger partial charge in [0.1, 0.15) is 11.6 Å². The third-order valence-electron chi connectivity index (χ3n) is 7.00. The predicted molar refractivity (Wildman–Crippen MR) is 163 cm³/mol. The number of ether oxygens (including phenoxy) is 2. The topological polar surface area (TPSA) is 111 Å². The van der Waals surface area contributed by atoms with Crippen LogP contribution in [0.3, 0.4) is 0 Å². The van der Waals surface area contributed by atoms with E-state index in [2.05, 4.69) is 48.2 Å². The minimum Gasteiger partial charge on any atom is -0.465 e. The molecule has 2 N–H and O–H groups in total. The number of nitrogens with one attached hydrogen (secondary N) is 2. The number of para-hydroxylation sites is 1. The van der Waals surface area contributed by atoms with Gasteiger partial charge in [0.05, 0.1) is 23.9 Å². The summed E-state index contributed by atoms with van der Waals surface area (Å²) in [4.78, 5) is 29.5. The van der Waals surface area contributed by atoms with Crippen molar-refractivity contribution in [3.05, 3.63) is 35.0 Å². The van der Waals surface area contributed by atoms with Crippen molar-refractivity contribution in [1.82, 2.24) is 19.8 Å². The molecule has 3 aromatic rings. The summed E-state index contributed by atoms with van der Waals surface area (Å²) in [7, 11) is 0. The number of benzene rings is 1. The quantitative estimate of drug-likeness (QED) is 0.129. The zero-order chi connectivity index (χ0) is 29.8. The standard InChI is InChI=1S/C31H46ClN5O4/c1-6-7-8-9-10-11-12-13-14-17-20-40-29(38)22(2)21-41-30(39)33-24-19-16-15-18-23(24)27-34-28-25(32)26(31(3,4)5)35-37(28)36-27/h15-16,18-19,22,35H,6-14,17,20-21H2,1-5H3,(H,33,39). The first kappa shape index (κ1) is 32.4. The summed E-state index contributed by atoms with van der Waals surface area (Å²) in [5, 5.41) is 11.0. The van der Waals surface area contributed by atoms with Gasteiger partial charge in [-0.05, 0) is 25.5 Å². The molecule has 1 atom stereocenters. The molecule has 10 heteroatoms. The fourth-order valence-electron chi connectivity index (χ4n) is 4.52. The van der Waals surface area contributed by atoms with Gasteiger partial charge >= 0.3 is 12.1 Å². The molecule has 1 unspecified atom stereocenters. The first-order chi connectivity index (χ1) is 19.6. The van der Waals surface area contributed by atoms with Crippen LogP contribution < -0.4 is 5.32 Å². The van der Waals surface area contributed by atoms with Crippen LogP contribution in [0.15, 0.2) is 24.3 Å². The number of hydrogen-bond donors (Lipinski definition) is 2. The Balaban J connectivity index is 1.41. The molecule has 0 spiro atoms. The Morgan fingerprint density at radius 2 is 1.63 bits per heavy atom. The van der Waals surface area contributed by atoms with E-state index in [1.165, 1.54) is 56.0 Å². The van der Waals surface area contributed by atoms with Gasteiger partial charge in [0, 0.05) is 11.0 Å². The van der Waals surface area contributed by atoms with E-state index in [-0.39, 0.29) is 18.0 Å². The first-order valence-corrected chi connectivity index (χ1v) is 15.3. The van der Waals surface area contributed by atoms with E-state index >= 15 is 0 Å². The maximum Gasteiger partial charge on any atom is 0.411 e. The predicted octanol–water partition coefficient (Wildman–Crippen LogP) is 8.32. The van der Waals surface area contributed by atoms with Crippen LogP contribution >= 0.6 is 11.6 Å². The summed E-state index contributed by atoms with van der Waals surface area (Å²) in [6.07, 6.45) is 11.5. The third kappa shape index (κ3) is 9.76. The van der Waals surface area contributed by atoms with Crippen LogP contribution in [0.2, 0.25) is 5.02 Å². The number of fused-ring (bicyclic) bond motifs is 1. The molecule has 0 fully saturated rings. The summed E-state index contributed by atoms with van der Waals surface area (Å²) < 4.78 is 12.2. The molecule has 0 aliphatic heterocycles. The number of rotatable bonds is 16. The minimum atomic E-state index is -0.676. The van der Waals surface area contributed by atoms with Crippen LogP contribution in [0.25, 0.3) is 17.0 Å². The van der Waals surface area contributed by atoms with Crippen molar-refractivity contribution in [2.24, 2.45) is 5.92 Å². The molecule has 3 rings (SSSR count). The van der Waals surface area contributed by atoms with E-state index < -0.39 is 12.0 Å². The second-order valence-electron chi connectivity index (χ2n) is 11.7. The molecule has 0 saturated heterocycles. The van der Waals surface area contributed by atoms with E-state index in [0.29, 0.717) is 34.4 Å². The average molecular weight is 588 g/mol. The fourth-order valence-corrected chi connectivity index (χ4v) is 4.96. The van der Waals surface area contributed by atoms with E-state index in [1.807, 2.05) is 6.07 Å². The number of esters is 1. The third-order valence-corrected chi connectivity index (χ3v) is 7.36. The van der Waals surface area contributed by atoms with Gasteiger partial charge in [0.25, 0.3) is 0 Å². The highest BCUT2D eigenvalue weighted by Gasteiger charge is 2.25. The Morgan fingerprint density at radius 3 is 2.27 bits per heavy atom. The Labute approximate surface area is 248 Å². The second-order valence-corrected chi connectivity index (χ2v) is 12.1. The summed E-state index contributed by atoms with van der Waals surface area (Å²) in [6.45, 7) is 10.4. The van der Waals surface area contributed by atoms with Gasteiger partial charge in [-0.3, -0.25) is 15.2 Å². The average Bonchev–Trinajstić information content (AvgIpc) is 3.49. The number of amides is 1. The van der Waals surface area contributed by atoms with Gasteiger partial charge in [-0.1, -0.05) is 109 Å². The molecule has 0 aliphatic rings. The maximum absolute atomic E-state index is 12.6. The number of aromatic nitrogens is 4. The van der Waals surface area contributed by atoms with Crippen molar-refractivity contribution in [2.45, 2.75) is 104 Å². The molecule has 9 nitrogen and oxygen atoms in total. The van der Waals surface area contributed by atoms with Crippen LogP contribution in [-0.4, -0.2) is 45.1 Å². The minimum absolute atomic E-state index is 0.0816. The maximum atomic E-state index is 12.6. The normalized spacial score (nSPS) is 12.4. The zero-order valence-corrected chi connectivity index (χ0v) is 26.0. The van der Waals surface area contributed by atoms with Crippen LogP contribution in [-0.2, 0) is 19.7 Å². The molecule has 41 heavy (non-hydrogen) atoms. The molecule has 0 radical (unpaired) electrons. The number of carbonyl (C=O) groups excluding carboxylic acids is 2. The lowest BCUT2D eigenvalue weighted by Gasteiger charge is -2.16. The van der Waals surface area contributed by atoms with Crippen LogP contribution in [0, 0.1) is 5.92 Å². The lowest BCUT2D eigenvalue weighted by atomic mass is 9.92. The summed E-state index contributed by atoms with van der Waals surface area (Å²) >= 11 is 6.56. The molecule has 0 saturated carbocycles. The highest BCUT2D eigenvalue weighted by molar-refractivity contribution is 6.34. The molecule has 2 heterocycles. The molecular formula is C31H46ClN5O4. The van der Waals surface area contributed by atoms with Crippen LogP contribution in [0.4, 0.5) is 10.5 Å². The van der Waals surface area contributed by atoms with Gasteiger partial charge < -0.3 is 9.47 Å². The van der Waals surface area contributed by atoms with Gasteiger partial charge in [-0.25, -0.2) is 9.78 Å². The van der Waals surface area contributed by atoms with E-state index in [0.717, 1.165) is 18.5 Å². The monoisotopic (exact) mass is 587 g/mol. The van der Waals surface area contributed by atoms with E-state index in [9.17, 15) is 9.59 Å². The SMILES string of the molecule is CCCCCCCCCCCCOC(=O)C(C)COC(=O)Nc1ccccc1-c1nc2c(Cl)c(C(C)(C)C)[nH]n2n1. The second kappa shape index (κ2) is 15.8. The molecule has 1 amide bonds. The van der Waals surface area contributed by atoms with Crippen molar-refractivity contribution < 1.29 is 19.1 Å². The van der Waals surface area contributed by atoms with Crippen LogP contribution in [0.1, 0.15) is 105 Å². The fraction of sp³-hybridized carbons (Fsp3) is 0.613. The van der Waals surface area contributed by atoms with Gasteiger partial charge in [-0.2, -0.15) is 4.63 Å². The molecule has 2 aromatic heterocycles. The number of H-pyrrole nitrogens is 1. The Kier molecular flexibility index (Phi) is 12.5. The highest BCUT2D eigenvalue weighted by atomic mass is 35.5. The van der Waals surface area contributed by atoms with E-state index in [1.54, 1.807) is 25.1 Å². The summed E-state index contributed by atoms with van der Waals surface area (Å²) in [5.41, 5.74) is 2.24. The summed E-state index contributed by atoms with van der Waals surface area (Å²) in [5.74, 6) is -0.523. The lowest BCUT2D eigenvalue weighted by molar-refractivity contribution is -0.149. The lowest BCUT2D eigenvalue weighted by Crippen LogP contribution is -2.24. The Hall–Kier alpha value is -3.07. The zero-order valence-electron chi connectivity index (χ0n) is 25.2. The molecule has 1 aromatic carbocycles.